The number of rotatable bonds is 4. The minimum absolute atomic E-state index is 0.0340. The Morgan fingerprint density at radius 3 is 2.28 bits per heavy atom. The number of aromatic amines is 1. The number of Topliss-reactive ketones (excluding diaryl/α,β-unsaturated/α-hetero) is 1. The SMILES string of the molecule is CCc1c(C(=O)N2CCN(C3CCCCC3)CC2)[nH]c(C)c1C(C)=O. The van der Waals surface area contributed by atoms with Gasteiger partial charge in [0.05, 0.1) is 0 Å². The maximum absolute atomic E-state index is 13.0. The summed E-state index contributed by atoms with van der Waals surface area (Å²) in [5.74, 6) is 0.0857. The van der Waals surface area contributed by atoms with Gasteiger partial charge < -0.3 is 9.88 Å². The number of nitrogens with one attached hydrogen (secondary N) is 1. The van der Waals surface area contributed by atoms with Crippen molar-refractivity contribution in [3.63, 3.8) is 0 Å². The number of carbonyl (C=O) groups is 2. The lowest BCUT2D eigenvalue weighted by Crippen LogP contribution is -2.52. The van der Waals surface area contributed by atoms with E-state index < -0.39 is 0 Å². The fraction of sp³-hybridized carbons (Fsp3) is 0.700. The molecule has 1 aromatic rings. The first-order valence-electron chi connectivity index (χ1n) is 9.78. The summed E-state index contributed by atoms with van der Waals surface area (Å²) in [6.45, 7) is 8.97. The Kier molecular flexibility index (Phi) is 5.62. The van der Waals surface area contributed by atoms with Crippen molar-refractivity contribution in [2.24, 2.45) is 0 Å². The summed E-state index contributed by atoms with van der Waals surface area (Å²) in [6, 6.07) is 0.717. The van der Waals surface area contributed by atoms with E-state index in [1.807, 2.05) is 18.7 Å². The van der Waals surface area contributed by atoms with Gasteiger partial charge in [0.15, 0.2) is 5.78 Å². The van der Waals surface area contributed by atoms with Crippen molar-refractivity contribution in [3.05, 3.63) is 22.5 Å². The van der Waals surface area contributed by atoms with Gasteiger partial charge in [-0.25, -0.2) is 0 Å². The van der Waals surface area contributed by atoms with E-state index in [0.717, 1.165) is 37.4 Å². The summed E-state index contributed by atoms with van der Waals surface area (Å²) in [5.41, 5.74) is 3.02. The van der Waals surface area contributed by atoms with Gasteiger partial charge in [-0.1, -0.05) is 26.2 Å². The molecule has 0 unspecified atom stereocenters. The smallest absolute Gasteiger partial charge is 0.270 e. The van der Waals surface area contributed by atoms with Crippen LogP contribution in [0.1, 0.15) is 78.1 Å². The maximum Gasteiger partial charge on any atom is 0.270 e. The van der Waals surface area contributed by atoms with Gasteiger partial charge in [0.2, 0.25) is 0 Å². The molecule has 3 rings (SSSR count). The van der Waals surface area contributed by atoms with Gasteiger partial charge in [-0.3, -0.25) is 14.5 Å². The van der Waals surface area contributed by atoms with Crippen LogP contribution in [0.2, 0.25) is 0 Å². The molecule has 1 saturated heterocycles. The Morgan fingerprint density at radius 2 is 1.72 bits per heavy atom. The number of ketones is 1. The van der Waals surface area contributed by atoms with Crippen LogP contribution in [0, 0.1) is 6.92 Å². The predicted molar refractivity (Wildman–Crippen MR) is 99.3 cm³/mol. The van der Waals surface area contributed by atoms with E-state index in [9.17, 15) is 9.59 Å². The lowest BCUT2D eigenvalue weighted by molar-refractivity contribution is 0.0518. The number of aryl methyl sites for hydroxylation is 1. The summed E-state index contributed by atoms with van der Waals surface area (Å²) in [4.78, 5) is 32.7. The molecular formula is C20H31N3O2. The molecule has 0 atom stereocenters. The number of hydrogen-bond acceptors (Lipinski definition) is 3. The Labute approximate surface area is 150 Å². The average molecular weight is 345 g/mol. The molecule has 1 amide bonds. The van der Waals surface area contributed by atoms with Crippen LogP contribution in [-0.4, -0.2) is 58.7 Å². The van der Waals surface area contributed by atoms with Crippen LogP contribution >= 0.6 is 0 Å². The second-order valence-electron chi connectivity index (χ2n) is 7.51. The molecule has 1 aliphatic heterocycles. The molecule has 138 valence electrons. The molecule has 1 N–H and O–H groups in total. The van der Waals surface area contributed by atoms with E-state index in [2.05, 4.69) is 9.88 Å². The molecule has 0 aromatic carbocycles. The third-order valence-electron chi connectivity index (χ3n) is 5.90. The largest absolute Gasteiger partial charge is 0.354 e. The number of carbonyl (C=O) groups excluding carboxylic acids is 2. The van der Waals surface area contributed by atoms with E-state index in [-0.39, 0.29) is 11.7 Å². The van der Waals surface area contributed by atoms with Crippen molar-refractivity contribution in [2.45, 2.75) is 65.3 Å². The molecule has 0 radical (unpaired) electrons. The summed E-state index contributed by atoms with van der Waals surface area (Å²) in [5, 5.41) is 0. The quantitative estimate of drug-likeness (QED) is 0.853. The number of hydrogen-bond donors (Lipinski definition) is 1. The van der Waals surface area contributed by atoms with Gasteiger partial charge in [-0.05, 0) is 38.7 Å². The first-order chi connectivity index (χ1) is 12.0. The Balaban J connectivity index is 1.68. The standard InChI is InChI=1S/C20H31N3O2/c1-4-17-18(15(3)24)14(2)21-19(17)20(25)23-12-10-22(11-13-23)16-8-6-5-7-9-16/h16,21H,4-13H2,1-3H3. The fourth-order valence-corrected chi connectivity index (χ4v) is 4.58. The van der Waals surface area contributed by atoms with E-state index in [1.165, 1.54) is 32.1 Å². The van der Waals surface area contributed by atoms with Crippen LogP contribution in [0.15, 0.2) is 0 Å². The molecule has 2 aliphatic rings. The van der Waals surface area contributed by atoms with Crippen LogP contribution < -0.4 is 0 Å². The predicted octanol–water partition coefficient (Wildman–Crippen LogP) is 3.18. The highest BCUT2D eigenvalue weighted by molar-refractivity contribution is 6.02. The summed E-state index contributed by atoms with van der Waals surface area (Å²) in [6.07, 6.45) is 7.39. The van der Waals surface area contributed by atoms with Crippen LogP contribution in [0.4, 0.5) is 0 Å². The zero-order valence-corrected chi connectivity index (χ0v) is 15.9. The highest BCUT2D eigenvalue weighted by Crippen LogP contribution is 2.25. The van der Waals surface area contributed by atoms with Gasteiger partial charge in [-0.2, -0.15) is 0 Å². The lowest BCUT2D eigenvalue weighted by Gasteiger charge is -2.40. The van der Waals surface area contributed by atoms with Gasteiger partial charge in [0.1, 0.15) is 5.69 Å². The molecule has 5 nitrogen and oxygen atoms in total. The first kappa shape index (κ1) is 18.2. The molecular weight excluding hydrogens is 314 g/mol. The highest BCUT2D eigenvalue weighted by Gasteiger charge is 2.30. The molecule has 1 aliphatic carbocycles. The zero-order valence-electron chi connectivity index (χ0n) is 15.9. The van der Waals surface area contributed by atoms with Crippen LogP contribution in [0.3, 0.4) is 0 Å². The zero-order chi connectivity index (χ0) is 18.0. The second kappa shape index (κ2) is 7.73. The number of piperazine rings is 1. The van der Waals surface area contributed by atoms with Crippen molar-refractivity contribution in [3.8, 4) is 0 Å². The molecule has 2 fully saturated rings. The van der Waals surface area contributed by atoms with Crippen LogP contribution in [0.5, 0.6) is 0 Å². The van der Waals surface area contributed by atoms with E-state index in [0.29, 0.717) is 23.7 Å². The van der Waals surface area contributed by atoms with Gasteiger partial charge >= 0.3 is 0 Å². The Hall–Kier alpha value is -1.62. The highest BCUT2D eigenvalue weighted by atomic mass is 16.2. The van der Waals surface area contributed by atoms with Crippen molar-refractivity contribution < 1.29 is 9.59 Å². The second-order valence-corrected chi connectivity index (χ2v) is 7.51. The third-order valence-corrected chi connectivity index (χ3v) is 5.90. The van der Waals surface area contributed by atoms with Crippen LogP contribution in [-0.2, 0) is 6.42 Å². The Bertz CT molecular complexity index is 636. The molecule has 0 bridgehead atoms. The van der Waals surface area contributed by atoms with E-state index >= 15 is 0 Å². The average Bonchev–Trinajstić information content (AvgIpc) is 2.98. The molecule has 0 spiro atoms. The number of amides is 1. The van der Waals surface area contributed by atoms with Crippen LogP contribution in [0.25, 0.3) is 0 Å². The Morgan fingerprint density at radius 1 is 1.08 bits per heavy atom. The molecule has 25 heavy (non-hydrogen) atoms. The minimum Gasteiger partial charge on any atom is -0.354 e. The van der Waals surface area contributed by atoms with Crippen molar-refractivity contribution in [2.75, 3.05) is 26.2 Å². The third kappa shape index (κ3) is 3.66. The lowest BCUT2D eigenvalue weighted by atomic mass is 9.94. The molecule has 1 saturated carbocycles. The topological polar surface area (TPSA) is 56.4 Å². The normalized spacial score (nSPS) is 20.0. The summed E-state index contributed by atoms with van der Waals surface area (Å²) >= 11 is 0. The number of nitrogens with zero attached hydrogens (tertiary/aromatic N) is 2. The first-order valence-corrected chi connectivity index (χ1v) is 9.78. The number of aromatic nitrogens is 1. The van der Waals surface area contributed by atoms with E-state index in [1.54, 1.807) is 6.92 Å². The molecule has 2 heterocycles. The van der Waals surface area contributed by atoms with Gasteiger partial charge in [0, 0.05) is 43.5 Å². The summed E-state index contributed by atoms with van der Waals surface area (Å²) < 4.78 is 0. The monoisotopic (exact) mass is 345 g/mol. The number of H-pyrrole nitrogens is 1. The van der Waals surface area contributed by atoms with Crippen molar-refractivity contribution in [1.29, 1.82) is 0 Å². The minimum atomic E-state index is 0.0340. The molecule has 1 aromatic heterocycles. The van der Waals surface area contributed by atoms with E-state index in [4.69, 9.17) is 0 Å². The van der Waals surface area contributed by atoms with Crippen molar-refractivity contribution >= 4 is 11.7 Å². The van der Waals surface area contributed by atoms with Gasteiger partial charge in [0.25, 0.3) is 5.91 Å². The van der Waals surface area contributed by atoms with Gasteiger partial charge in [-0.15, -0.1) is 0 Å². The fourth-order valence-electron chi connectivity index (χ4n) is 4.58. The van der Waals surface area contributed by atoms with Crippen molar-refractivity contribution in [1.82, 2.24) is 14.8 Å². The molecule has 5 heteroatoms. The maximum atomic E-state index is 13.0. The summed E-state index contributed by atoms with van der Waals surface area (Å²) in [7, 11) is 0.